The summed E-state index contributed by atoms with van der Waals surface area (Å²) in [6, 6.07) is 78.5. The van der Waals surface area contributed by atoms with Crippen LogP contribution in [-0.2, 0) is 0 Å². The molecule has 3 aromatic heterocycles. The molecule has 4 nitrogen and oxygen atoms in total. The molecule has 4 heteroatoms. The normalized spacial score (nSPS) is 11.5. The van der Waals surface area contributed by atoms with Crippen LogP contribution in [0.5, 0.6) is 0 Å². The predicted molar refractivity (Wildman–Crippen MR) is 260 cm³/mol. The summed E-state index contributed by atoms with van der Waals surface area (Å²) >= 11 is 0. The van der Waals surface area contributed by atoms with Crippen molar-refractivity contribution in [3.63, 3.8) is 0 Å². The van der Waals surface area contributed by atoms with E-state index in [2.05, 4.69) is 200 Å². The molecule has 0 aliphatic carbocycles. The van der Waals surface area contributed by atoms with Gasteiger partial charge in [-0.05, 0) is 64.2 Å². The van der Waals surface area contributed by atoms with Gasteiger partial charge in [0, 0.05) is 54.7 Å². The van der Waals surface area contributed by atoms with E-state index in [1.165, 1.54) is 0 Å². The average molecular weight is 804 g/mol. The van der Waals surface area contributed by atoms with E-state index in [-0.39, 0.29) is 0 Å². The second-order valence-corrected chi connectivity index (χ2v) is 15.9. The van der Waals surface area contributed by atoms with Gasteiger partial charge < -0.3 is 4.42 Å². The molecule has 0 radical (unpaired) electrons. The number of rotatable bonds is 7. The zero-order chi connectivity index (χ0) is 41.7. The van der Waals surface area contributed by atoms with E-state index in [0.717, 1.165) is 116 Å². The fourth-order valence-corrected chi connectivity index (χ4v) is 9.06. The second-order valence-electron chi connectivity index (χ2n) is 15.9. The SMILES string of the molecule is c1ccc(-c2cccc(-c3cc(-c4ccc(-c5c6c(cc7c(-c8ccccc8)nc8ccccc8c57)oc5ccccc56)cc4)nc(-c4cccc(-c5ccccc5)c4)n3)c2)cc1. The molecule has 0 aliphatic rings. The fourth-order valence-electron chi connectivity index (χ4n) is 9.06. The van der Waals surface area contributed by atoms with Crippen molar-refractivity contribution in [2.24, 2.45) is 0 Å². The highest BCUT2D eigenvalue weighted by Gasteiger charge is 2.22. The molecule has 0 aliphatic heterocycles. The first kappa shape index (κ1) is 36.4. The van der Waals surface area contributed by atoms with E-state index < -0.39 is 0 Å². The molecule has 9 aromatic carbocycles. The lowest BCUT2D eigenvalue weighted by atomic mass is 9.89. The minimum Gasteiger partial charge on any atom is -0.456 e. The third-order valence-electron chi connectivity index (χ3n) is 12.1. The van der Waals surface area contributed by atoms with Crippen LogP contribution in [0.25, 0.3) is 122 Å². The molecule has 12 rings (SSSR count). The lowest BCUT2D eigenvalue weighted by Crippen LogP contribution is -1.97. The molecule has 12 aromatic rings. The van der Waals surface area contributed by atoms with E-state index in [1.807, 2.05) is 24.3 Å². The molecule has 3 heterocycles. The number of hydrogen-bond acceptors (Lipinski definition) is 4. The molecule has 0 unspecified atom stereocenters. The Morgan fingerprint density at radius 2 is 0.810 bits per heavy atom. The van der Waals surface area contributed by atoms with E-state index in [1.54, 1.807) is 0 Å². The quantitative estimate of drug-likeness (QED) is 0.151. The van der Waals surface area contributed by atoms with Gasteiger partial charge in [-0.25, -0.2) is 15.0 Å². The Bertz CT molecular complexity index is 3550. The topological polar surface area (TPSA) is 51.8 Å². The number of pyridine rings is 1. The first-order valence-corrected chi connectivity index (χ1v) is 21.3. The number of benzene rings is 9. The van der Waals surface area contributed by atoms with Gasteiger partial charge in [-0.1, -0.05) is 188 Å². The number of furan rings is 1. The second kappa shape index (κ2) is 15.2. The van der Waals surface area contributed by atoms with Gasteiger partial charge in [0.1, 0.15) is 11.2 Å². The molecule has 0 amide bonds. The van der Waals surface area contributed by atoms with Gasteiger partial charge in [-0.3, -0.25) is 0 Å². The summed E-state index contributed by atoms with van der Waals surface area (Å²) in [6.45, 7) is 0. The van der Waals surface area contributed by atoms with Crippen molar-refractivity contribution in [3.8, 4) is 78.5 Å². The highest BCUT2D eigenvalue weighted by Crippen LogP contribution is 2.46. The van der Waals surface area contributed by atoms with Crippen molar-refractivity contribution in [2.75, 3.05) is 0 Å². The average Bonchev–Trinajstić information content (AvgIpc) is 3.74. The maximum absolute atomic E-state index is 6.66. The number of aromatic nitrogens is 3. The van der Waals surface area contributed by atoms with E-state index >= 15 is 0 Å². The summed E-state index contributed by atoms with van der Waals surface area (Å²) in [6.07, 6.45) is 0. The lowest BCUT2D eigenvalue weighted by Gasteiger charge is -2.16. The van der Waals surface area contributed by atoms with Crippen molar-refractivity contribution in [1.82, 2.24) is 15.0 Å². The largest absolute Gasteiger partial charge is 0.456 e. The Kier molecular flexibility index (Phi) is 8.79. The van der Waals surface area contributed by atoms with Crippen molar-refractivity contribution >= 4 is 43.6 Å². The molecule has 0 saturated heterocycles. The van der Waals surface area contributed by atoms with Crippen LogP contribution in [0.3, 0.4) is 0 Å². The van der Waals surface area contributed by atoms with Crippen LogP contribution in [-0.4, -0.2) is 15.0 Å². The highest BCUT2D eigenvalue weighted by atomic mass is 16.3. The van der Waals surface area contributed by atoms with Gasteiger partial charge in [-0.15, -0.1) is 0 Å². The van der Waals surface area contributed by atoms with E-state index in [4.69, 9.17) is 19.4 Å². The van der Waals surface area contributed by atoms with Crippen molar-refractivity contribution in [2.45, 2.75) is 0 Å². The Labute approximate surface area is 364 Å². The van der Waals surface area contributed by atoms with Crippen LogP contribution in [0, 0.1) is 0 Å². The van der Waals surface area contributed by atoms with Crippen LogP contribution in [0.4, 0.5) is 0 Å². The van der Waals surface area contributed by atoms with Gasteiger partial charge in [0.2, 0.25) is 0 Å². The molecular formula is C59H37N3O. The summed E-state index contributed by atoms with van der Waals surface area (Å²) in [5, 5.41) is 5.46. The summed E-state index contributed by atoms with van der Waals surface area (Å²) < 4.78 is 6.66. The Balaban J connectivity index is 1.06. The van der Waals surface area contributed by atoms with Gasteiger partial charge >= 0.3 is 0 Å². The van der Waals surface area contributed by atoms with E-state index in [9.17, 15) is 0 Å². The van der Waals surface area contributed by atoms with E-state index in [0.29, 0.717) is 5.82 Å². The molecule has 0 saturated carbocycles. The Hall–Kier alpha value is -8.47. The Morgan fingerprint density at radius 3 is 1.51 bits per heavy atom. The van der Waals surface area contributed by atoms with Crippen LogP contribution in [0.15, 0.2) is 229 Å². The number of para-hydroxylation sites is 2. The van der Waals surface area contributed by atoms with Gasteiger partial charge in [0.05, 0.1) is 22.6 Å². The van der Waals surface area contributed by atoms with Crippen molar-refractivity contribution in [1.29, 1.82) is 0 Å². The molecule has 0 bridgehead atoms. The highest BCUT2D eigenvalue weighted by molar-refractivity contribution is 6.27. The van der Waals surface area contributed by atoms with Gasteiger partial charge in [0.15, 0.2) is 5.82 Å². The summed E-state index contributed by atoms with van der Waals surface area (Å²) in [5.74, 6) is 0.669. The number of nitrogens with zero attached hydrogens (tertiary/aromatic N) is 3. The molecule has 0 fully saturated rings. The summed E-state index contributed by atoms with van der Waals surface area (Å²) in [5.41, 5.74) is 16.0. The first-order chi connectivity index (χ1) is 31.2. The predicted octanol–water partition coefficient (Wildman–Crippen LogP) is 15.7. The van der Waals surface area contributed by atoms with Crippen LogP contribution in [0.2, 0.25) is 0 Å². The summed E-state index contributed by atoms with van der Waals surface area (Å²) in [7, 11) is 0. The van der Waals surface area contributed by atoms with Crippen molar-refractivity contribution in [3.05, 3.63) is 224 Å². The fraction of sp³-hybridized carbons (Fsp3) is 0. The molecule has 0 atom stereocenters. The minimum atomic E-state index is 0.669. The van der Waals surface area contributed by atoms with Crippen LogP contribution >= 0.6 is 0 Å². The molecule has 294 valence electrons. The maximum Gasteiger partial charge on any atom is 0.160 e. The molecule has 0 N–H and O–H groups in total. The maximum atomic E-state index is 6.66. The molecular weight excluding hydrogens is 767 g/mol. The monoisotopic (exact) mass is 803 g/mol. The third kappa shape index (κ3) is 6.53. The summed E-state index contributed by atoms with van der Waals surface area (Å²) in [4.78, 5) is 15.8. The molecule has 0 spiro atoms. The number of hydrogen-bond donors (Lipinski definition) is 0. The standard InChI is InChI=1S/C59H37N3O/c1-4-16-38(17-5-1)43-22-14-24-45(34-43)52-37-51(61-59(62-52)46-25-15-23-44(35-46)39-18-6-2-7-19-39)40-30-32-41(33-31-40)55-56-47-26-10-12-28-50(47)60-58(42-20-8-3-9-21-42)49(56)36-54-57(55)48-27-11-13-29-53(48)63-54/h1-37H. The zero-order valence-corrected chi connectivity index (χ0v) is 34.1. The minimum absolute atomic E-state index is 0.669. The smallest absolute Gasteiger partial charge is 0.160 e. The van der Waals surface area contributed by atoms with Gasteiger partial charge in [0.25, 0.3) is 0 Å². The van der Waals surface area contributed by atoms with Crippen LogP contribution < -0.4 is 0 Å². The molecule has 63 heavy (non-hydrogen) atoms. The lowest BCUT2D eigenvalue weighted by molar-refractivity contribution is 0.669. The first-order valence-electron chi connectivity index (χ1n) is 21.3. The third-order valence-corrected chi connectivity index (χ3v) is 12.1. The van der Waals surface area contributed by atoms with Crippen molar-refractivity contribution < 1.29 is 4.42 Å². The van der Waals surface area contributed by atoms with Gasteiger partial charge in [-0.2, -0.15) is 0 Å². The zero-order valence-electron chi connectivity index (χ0n) is 34.1. The van der Waals surface area contributed by atoms with Crippen LogP contribution in [0.1, 0.15) is 0 Å². The Morgan fingerprint density at radius 1 is 0.286 bits per heavy atom. The number of fused-ring (bicyclic) bond motifs is 6.